The fourth-order valence-corrected chi connectivity index (χ4v) is 4.05. The summed E-state index contributed by atoms with van der Waals surface area (Å²) in [5.41, 5.74) is 1.22. The minimum absolute atomic E-state index is 0.174. The van der Waals surface area contributed by atoms with Crippen molar-refractivity contribution in [3.05, 3.63) is 24.2 Å². The molecule has 3 aliphatic heterocycles. The number of rotatable bonds is 3. The van der Waals surface area contributed by atoms with Gasteiger partial charge in [0, 0.05) is 44.4 Å². The molecule has 2 unspecified atom stereocenters. The van der Waals surface area contributed by atoms with E-state index in [1.807, 2.05) is 12.3 Å². The maximum Gasteiger partial charge on any atom is 0.490 e. The second-order valence-corrected chi connectivity index (χ2v) is 7.38. The quantitative estimate of drug-likeness (QED) is 0.831. The standard InChI is InChI=1S/C16H22N2O3.C2HF3O2/c19-16(15-2-1-4-21-15)18-9-13-6-14(18)10-17(8-13)7-12-3-5-20-11-12;3-2(4,5)1(6)7/h3,5,11,13-15H,1-2,4,6-10H2;(H,6,7)/t13?,14?,15-;/m1./s1. The second kappa shape index (κ2) is 8.52. The lowest BCUT2D eigenvalue weighted by Crippen LogP contribution is -2.46. The van der Waals surface area contributed by atoms with Gasteiger partial charge in [0.05, 0.1) is 12.5 Å². The molecular weight excluding hydrogens is 381 g/mol. The molecule has 10 heteroatoms. The summed E-state index contributed by atoms with van der Waals surface area (Å²) in [4.78, 5) is 26.0. The fraction of sp³-hybridized carbons (Fsp3) is 0.667. The number of ether oxygens (including phenoxy) is 1. The summed E-state index contributed by atoms with van der Waals surface area (Å²) in [6.45, 7) is 4.62. The Hall–Kier alpha value is -2.07. The zero-order valence-electron chi connectivity index (χ0n) is 15.2. The highest BCUT2D eigenvalue weighted by atomic mass is 19.4. The summed E-state index contributed by atoms with van der Waals surface area (Å²) in [6.07, 6.45) is 1.34. The van der Waals surface area contributed by atoms with E-state index in [1.54, 1.807) is 6.26 Å². The van der Waals surface area contributed by atoms with Crippen molar-refractivity contribution >= 4 is 11.9 Å². The first-order valence-corrected chi connectivity index (χ1v) is 9.19. The maximum absolute atomic E-state index is 12.6. The Morgan fingerprint density at radius 2 is 2.00 bits per heavy atom. The van der Waals surface area contributed by atoms with Crippen LogP contribution in [-0.2, 0) is 20.9 Å². The van der Waals surface area contributed by atoms with Gasteiger partial charge < -0.3 is 19.2 Å². The van der Waals surface area contributed by atoms with Gasteiger partial charge in [-0.3, -0.25) is 9.69 Å². The van der Waals surface area contributed by atoms with Crippen molar-refractivity contribution in [2.45, 2.75) is 44.1 Å². The largest absolute Gasteiger partial charge is 0.490 e. The van der Waals surface area contributed by atoms with Gasteiger partial charge in [-0.15, -0.1) is 0 Å². The zero-order valence-corrected chi connectivity index (χ0v) is 15.2. The van der Waals surface area contributed by atoms with Crippen LogP contribution in [0.1, 0.15) is 24.8 Å². The Morgan fingerprint density at radius 1 is 1.25 bits per heavy atom. The SMILES string of the molecule is O=C(O)C(F)(F)F.O=C([C@H]1CCCO1)N1CC2CC1CN(Cc1ccoc1)C2. The van der Waals surface area contributed by atoms with Crippen LogP contribution >= 0.6 is 0 Å². The van der Waals surface area contributed by atoms with E-state index in [-0.39, 0.29) is 12.0 Å². The minimum Gasteiger partial charge on any atom is -0.475 e. The number of halogens is 3. The van der Waals surface area contributed by atoms with Gasteiger partial charge in [-0.1, -0.05) is 0 Å². The van der Waals surface area contributed by atoms with Gasteiger partial charge in [0.25, 0.3) is 5.91 Å². The highest BCUT2D eigenvalue weighted by molar-refractivity contribution is 5.81. The average molecular weight is 404 g/mol. The molecule has 3 saturated heterocycles. The van der Waals surface area contributed by atoms with Crippen LogP contribution in [0.15, 0.2) is 23.0 Å². The Bertz CT molecular complexity index is 673. The van der Waals surface area contributed by atoms with E-state index in [0.717, 1.165) is 52.0 Å². The summed E-state index contributed by atoms with van der Waals surface area (Å²) in [5.74, 6) is -1.92. The molecule has 28 heavy (non-hydrogen) atoms. The molecule has 0 saturated carbocycles. The van der Waals surface area contributed by atoms with Gasteiger partial charge >= 0.3 is 12.1 Å². The number of amides is 1. The lowest BCUT2D eigenvalue weighted by Gasteiger charge is -2.33. The van der Waals surface area contributed by atoms with Gasteiger partial charge in [-0.25, -0.2) is 4.79 Å². The Morgan fingerprint density at radius 3 is 2.57 bits per heavy atom. The number of fused-ring (bicyclic) bond motifs is 2. The van der Waals surface area contributed by atoms with E-state index in [0.29, 0.717) is 12.0 Å². The van der Waals surface area contributed by atoms with Crippen LogP contribution in [-0.4, -0.2) is 71.3 Å². The lowest BCUT2D eigenvalue weighted by molar-refractivity contribution is -0.192. The van der Waals surface area contributed by atoms with E-state index in [4.69, 9.17) is 19.1 Å². The Kier molecular flexibility index (Phi) is 6.29. The predicted octanol–water partition coefficient (Wildman–Crippen LogP) is 2.12. The first-order chi connectivity index (χ1) is 13.2. The molecule has 0 aliphatic carbocycles. The van der Waals surface area contributed by atoms with E-state index >= 15 is 0 Å². The van der Waals surface area contributed by atoms with Crippen molar-refractivity contribution in [1.29, 1.82) is 0 Å². The maximum atomic E-state index is 12.6. The van der Waals surface area contributed by atoms with Crippen LogP contribution in [0.2, 0.25) is 0 Å². The zero-order chi connectivity index (χ0) is 20.3. The minimum atomic E-state index is -5.08. The molecule has 0 radical (unpaired) electrons. The highest BCUT2D eigenvalue weighted by Gasteiger charge is 2.43. The number of carbonyl (C=O) groups excluding carboxylic acids is 1. The van der Waals surface area contributed by atoms with Gasteiger partial charge in [-0.05, 0) is 31.2 Å². The first kappa shape index (κ1) is 20.7. The summed E-state index contributed by atoms with van der Waals surface area (Å²) in [5, 5.41) is 7.12. The number of nitrogens with zero attached hydrogens (tertiary/aromatic N) is 2. The van der Waals surface area contributed by atoms with Crippen LogP contribution in [0, 0.1) is 5.92 Å². The van der Waals surface area contributed by atoms with Crippen molar-refractivity contribution in [3.8, 4) is 0 Å². The molecule has 1 N–H and O–H groups in total. The van der Waals surface area contributed by atoms with Gasteiger partial charge in [0.1, 0.15) is 6.10 Å². The van der Waals surface area contributed by atoms with Crippen LogP contribution < -0.4 is 0 Å². The molecule has 1 amide bonds. The van der Waals surface area contributed by atoms with E-state index in [9.17, 15) is 18.0 Å². The molecular formula is C18H23F3N2O5. The number of hydrogen-bond acceptors (Lipinski definition) is 5. The monoisotopic (exact) mass is 404 g/mol. The number of hydrogen-bond donors (Lipinski definition) is 1. The Labute approximate surface area is 160 Å². The van der Waals surface area contributed by atoms with Crippen molar-refractivity contribution in [2.75, 3.05) is 26.2 Å². The average Bonchev–Trinajstić information content (AvgIpc) is 3.36. The molecule has 3 aliphatic rings. The molecule has 156 valence electrons. The number of likely N-dealkylation sites (tertiary alicyclic amines) is 2. The molecule has 3 fully saturated rings. The molecule has 1 aromatic rings. The Balaban J connectivity index is 0.000000279. The highest BCUT2D eigenvalue weighted by Crippen LogP contribution is 2.32. The molecule has 0 aromatic carbocycles. The summed E-state index contributed by atoms with van der Waals surface area (Å²) < 4.78 is 42.5. The fourth-order valence-electron chi connectivity index (χ4n) is 4.05. The number of piperidine rings is 1. The van der Waals surface area contributed by atoms with Crippen molar-refractivity contribution in [2.24, 2.45) is 5.92 Å². The number of carbonyl (C=O) groups is 2. The molecule has 4 heterocycles. The normalized spacial score (nSPS) is 27.4. The van der Waals surface area contributed by atoms with Gasteiger partial charge in [0.2, 0.25) is 0 Å². The van der Waals surface area contributed by atoms with Crippen LogP contribution in [0.25, 0.3) is 0 Å². The molecule has 3 atom stereocenters. The number of furan rings is 1. The van der Waals surface area contributed by atoms with Crippen molar-refractivity contribution in [3.63, 3.8) is 0 Å². The van der Waals surface area contributed by atoms with Gasteiger partial charge in [0.15, 0.2) is 0 Å². The third kappa shape index (κ3) is 5.05. The smallest absolute Gasteiger partial charge is 0.475 e. The van der Waals surface area contributed by atoms with Gasteiger partial charge in [-0.2, -0.15) is 13.2 Å². The summed E-state index contributed by atoms with van der Waals surface area (Å²) in [7, 11) is 0. The molecule has 4 rings (SSSR count). The van der Waals surface area contributed by atoms with Crippen LogP contribution in [0.3, 0.4) is 0 Å². The first-order valence-electron chi connectivity index (χ1n) is 9.19. The van der Waals surface area contributed by atoms with Crippen molar-refractivity contribution in [1.82, 2.24) is 9.80 Å². The van der Waals surface area contributed by atoms with E-state index in [1.165, 1.54) is 5.56 Å². The third-order valence-electron chi connectivity index (χ3n) is 5.20. The van der Waals surface area contributed by atoms with Crippen LogP contribution in [0.5, 0.6) is 0 Å². The second-order valence-electron chi connectivity index (χ2n) is 7.38. The molecule has 2 bridgehead atoms. The molecule has 7 nitrogen and oxygen atoms in total. The number of carboxylic acid groups (broad SMARTS) is 1. The molecule has 0 spiro atoms. The summed E-state index contributed by atoms with van der Waals surface area (Å²) >= 11 is 0. The molecule has 1 aromatic heterocycles. The lowest BCUT2D eigenvalue weighted by atomic mass is 9.99. The third-order valence-corrected chi connectivity index (χ3v) is 5.20. The van der Waals surface area contributed by atoms with Crippen molar-refractivity contribution < 1.29 is 37.0 Å². The topological polar surface area (TPSA) is 83.2 Å². The predicted molar refractivity (Wildman–Crippen MR) is 90.3 cm³/mol. The van der Waals surface area contributed by atoms with E-state index in [2.05, 4.69) is 9.80 Å². The number of alkyl halides is 3. The van der Waals surface area contributed by atoms with Crippen LogP contribution in [0.4, 0.5) is 13.2 Å². The number of carboxylic acids is 1. The number of aliphatic carboxylic acids is 1. The van der Waals surface area contributed by atoms with E-state index < -0.39 is 12.1 Å². The summed E-state index contributed by atoms with van der Waals surface area (Å²) in [6, 6.07) is 2.39.